The van der Waals surface area contributed by atoms with E-state index in [2.05, 4.69) is 12.2 Å². The van der Waals surface area contributed by atoms with E-state index in [0.717, 1.165) is 30.8 Å². The van der Waals surface area contributed by atoms with Gasteiger partial charge >= 0.3 is 6.03 Å². The van der Waals surface area contributed by atoms with Crippen molar-refractivity contribution in [2.45, 2.75) is 26.7 Å². The Morgan fingerprint density at radius 2 is 2.08 bits per heavy atom. The summed E-state index contributed by atoms with van der Waals surface area (Å²) < 4.78 is 0. The van der Waals surface area contributed by atoms with E-state index in [0.29, 0.717) is 11.5 Å². The number of primary amides is 1. The molecule has 24 heavy (non-hydrogen) atoms. The van der Waals surface area contributed by atoms with Crippen LogP contribution in [0, 0.1) is 12.8 Å². The van der Waals surface area contributed by atoms with Crippen molar-refractivity contribution in [3.05, 3.63) is 29.3 Å². The van der Waals surface area contributed by atoms with Gasteiger partial charge in [-0.1, -0.05) is 6.92 Å². The van der Waals surface area contributed by atoms with Gasteiger partial charge in [-0.05, 0) is 49.4 Å². The zero-order valence-corrected chi connectivity index (χ0v) is 14.1. The van der Waals surface area contributed by atoms with Crippen LogP contribution in [0.5, 0.6) is 0 Å². The number of carbonyl (C=O) groups is 3. The highest BCUT2D eigenvalue weighted by molar-refractivity contribution is 5.96. The molecule has 0 unspecified atom stereocenters. The molecule has 1 aliphatic rings. The summed E-state index contributed by atoms with van der Waals surface area (Å²) in [6, 6.07) is 4.46. The Morgan fingerprint density at radius 3 is 2.71 bits per heavy atom. The van der Waals surface area contributed by atoms with Crippen LogP contribution in [0.1, 0.15) is 35.7 Å². The number of benzene rings is 1. The van der Waals surface area contributed by atoms with E-state index in [1.54, 1.807) is 12.1 Å². The second-order valence-corrected chi connectivity index (χ2v) is 6.29. The average Bonchev–Trinajstić information content (AvgIpc) is 2.52. The summed E-state index contributed by atoms with van der Waals surface area (Å²) >= 11 is 0. The lowest BCUT2D eigenvalue weighted by Gasteiger charge is -2.31. The summed E-state index contributed by atoms with van der Waals surface area (Å²) in [6.45, 7) is 5.56. The van der Waals surface area contributed by atoms with Crippen molar-refractivity contribution in [1.29, 1.82) is 0 Å². The molecule has 2 rings (SSSR count). The molecule has 0 bridgehead atoms. The molecule has 1 aromatic rings. The number of amides is 4. The molecule has 130 valence electrons. The quantitative estimate of drug-likeness (QED) is 0.776. The van der Waals surface area contributed by atoms with E-state index >= 15 is 0 Å². The first kappa shape index (κ1) is 17.8. The first-order chi connectivity index (χ1) is 11.4. The summed E-state index contributed by atoms with van der Waals surface area (Å²) in [5.74, 6) is 0.0699. The van der Waals surface area contributed by atoms with Crippen molar-refractivity contribution >= 4 is 23.5 Å². The Bertz CT molecular complexity index is 645. The fraction of sp³-hybridized carbons (Fsp3) is 0.471. The van der Waals surface area contributed by atoms with E-state index in [9.17, 15) is 14.4 Å². The second-order valence-electron chi connectivity index (χ2n) is 6.29. The first-order valence-electron chi connectivity index (χ1n) is 8.10. The summed E-state index contributed by atoms with van der Waals surface area (Å²) in [5, 5.41) is 4.91. The first-order valence-corrected chi connectivity index (χ1v) is 8.10. The van der Waals surface area contributed by atoms with Gasteiger partial charge in [0.25, 0.3) is 5.91 Å². The van der Waals surface area contributed by atoms with Crippen LogP contribution in [0.25, 0.3) is 0 Å². The molecule has 1 fully saturated rings. The molecule has 4 N–H and O–H groups in total. The van der Waals surface area contributed by atoms with E-state index < -0.39 is 11.9 Å². The highest BCUT2D eigenvalue weighted by Gasteiger charge is 2.22. The SMILES string of the molecule is Cc1cc(C(=O)N2CCC[C@H](C)C2)ccc1NCC(=O)NC(N)=O. The lowest BCUT2D eigenvalue weighted by atomic mass is 9.99. The fourth-order valence-corrected chi connectivity index (χ4v) is 2.91. The minimum atomic E-state index is -0.879. The van der Waals surface area contributed by atoms with Gasteiger partial charge in [0.05, 0.1) is 6.54 Å². The number of rotatable bonds is 4. The third-order valence-corrected chi connectivity index (χ3v) is 4.12. The summed E-state index contributed by atoms with van der Waals surface area (Å²) in [7, 11) is 0. The molecule has 0 radical (unpaired) electrons. The Hall–Kier alpha value is -2.57. The number of aryl methyl sites for hydroxylation is 1. The maximum atomic E-state index is 12.6. The molecule has 1 aromatic carbocycles. The molecule has 0 spiro atoms. The van der Waals surface area contributed by atoms with Crippen molar-refractivity contribution in [3.63, 3.8) is 0 Å². The van der Waals surface area contributed by atoms with Gasteiger partial charge < -0.3 is 16.0 Å². The molecule has 7 heteroatoms. The third kappa shape index (κ3) is 4.71. The highest BCUT2D eigenvalue weighted by Crippen LogP contribution is 2.21. The molecule has 1 atom stereocenters. The summed E-state index contributed by atoms with van der Waals surface area (Å²) in [5.41, 5.74) is 7.13. The van der Waals surface area contributed by atoms with Crippen LogP contribution < -0.4 is 16.4 Å². The zero-order chi connectivity index (χ0) is 17.7. The largest absolute Gasteiger partial charge is 0.376 e. The summed E-state index contributed by atoms with van der Waals surface area (Å²) in [6.07, 6.45) is 2.21. The highest BCUT2D eigenvalue weighted by atomic mass is 16.2. The van der Waals surface area contributed by atoms with Gasteiger partial charge in [-0.15, -0.1) is 0 Å². The molecule has 0 saturated carbocycles. The molecule has 4 amide bonds. The topological polar surface area (TPSA) is 105 Å². The maximum Gasteiger partial charge on any atom is 0.318 e. The molecule has 0 aliphatic carbocycles. The molecule has 1 aliphatic heterocycles. The number of hydrogen-bond donors (Lipinski definition) is 3. The molecular weight excluding hydrogens is 308 g/mol. The van der Waals surface area contributed by atoms with Gasteiger partial charge in [0.2, 0.25) is 5.91 Å². The van der Waals surface area contributed by atoms with E-state index in [-0.39, 0.29) is 12.5 Å². The van der Waals surface area contributed by atoms with Gasteiger partial charge in [0.1, 0.15) is 0 Å². The van der Waals surface area contributed by atoms with Crippen molar-refractivity contribution in [1.82, 2.24) is 10.2 Å². The standard InChI is InChI=1S/C17H24N4O3/c1-11-4-3-7-21(10-11)16(23)13-5-6-14(12(2)8-13)19-9-15(22)20-17(18)24/h5-6,8,11,19H,3-4,7,9-10H2,1-2H3,(H3,18,20,22,24)/t11-/m0/s1. The van der Waals surface area contributed by atoms with Crippen molar-refractivity contribution in [3.8, 4) is 0 Å². The Labute approximate surface area is 141 Å². The number of anilines is 1. The predicted molar refractivity (Wildman–Crippen MR) is 91.7 cm³/mol. The lowest BCUT2D eigenvalue weighted by molar-refractivity contribution is -0.118. The van der Waals surface area contributed by atoms with Gasteiger partial charge in [-0.3, -0.25) is 14.9 Å². The minimum Gasteiger partial charge on any atom is -0.376 e. The number of nitrogens with zero attached hydrogens (tertiary/aromatic N) is 1. The average molecular weight is 332 g/mol. The van der Waals surface area contributed by atoms with E-state index in [1.807, 2.05) is 23.2 Å². The zero-order valence-electron chi connectivity index (χ0n) is 14.1. The Kier molecular flexibility index (Phi) is 5.78. The predicted octanol–water partition coefficient (Wildman–Crippen LogP) is 1.47. The molecular formula is C17H24N4O3. The van der Waals surface area contributed by atoms with E-state index in [4.69, 9.17) is 5.73 Å². The molecule has 1 heterocycles. The molecule has 1 saturated heterocycles. The van der Waals surface area contributed by atoms with Crippen molar-refractivity contribution in [2.75, 3.05) is 25.0 Å². The maximum absolute atomic E-state index is 12.6. The number of nitrogens with one attached hydrogen (secondary N) is 2. The minimum absolute atomic E-state index is 0.0441. The Morgan fingerprint density at radius 1 is 1.33 bits per heavy atom. The smallest absolute Gasteiger partial charge is 0.318 e. The molecule has 7 nitrogen and oxygen atoms in total. The van der Waals surface area contributed by atoms with Gasteiger partial charge in [0.15, 0.2) is 0 Å². The third-order valence-electron chi connectivity index (χ3n) is 4.12. The Balaban J connectivity index is 1.99. The van der Waals surface area contributed by atoms with Crippen LogP contribution in [0.15, 0.2) is 18.2 Å². The fourth-order valence-electron chi connectivity index (χ4n) is 2.91. The number of nitrogens with two attached hydrogens (primary N) is 1. The van der Waals surface area contributed by atoms with Crippen LogP contribution >= 0.6 is 0 Å². The van der Waals surface area contributed by atoms with Gasteiger partial charge in [0, 0.05) is 24.3 Å². The summed E-state index contributed by atoms with van der Waals surface area (Å²) in [4.78, 5) is 36.5. The number of urea groups is 1. The van der Waals surface area contributed by atoms with Gasteiger partial charge in [-0.25, -0.2) is 4.79 Å². The number of carbonyl (C=O) groups excluding carboxylic acids is 3. The van der Waals surface area contributed by atoms with Gasteiger partial charge in [-0.2, -0.15) is 0 Å². The van der Waals surface area contributed by atoms with Crippen LogP contribution in [-0.4, -0.2) is 42.4 Å². The number of imide groups is 1. The van der Waals surface area contributed by atoms with Crippen molar-refractivity contribution in [2.24, 2.45) is 11.7 Å². The number of likely N-dealkylation sites (tertiary alicyclic amines) is 1. The number of hydrogen-bond acceptors (Lipinski definition) is 4. The molecule has 0 aromatic heterocycles. The van der Waals surface area contributed by atoms with Crippen molar-refractivity contribution < 1.29 is 14.4 Å². The van der Waals surface area contributed by atoms with E-state index in [1.165, 1.54) is 6.42 Å². The van der Waals surface area contributed by atoms with Crippen LogP contribution in [0.2, 0.25) is 0 Å². The monoisotopic (exact) mass is 332 g/mol. The van der Waals surface area contributed by atoms with Crippen LogP contribution in [-0.2, 0) is 4.79 Å². The lowest BCUT2D eigenvalue weighted by Crippen LogP contribution is -2.39. The normalized spacial score (nSPS) is 17.2. The van der Waals surface area contributed by atoms with Crippen LogP contribution in [0.4, 0.5) is 10.5 Å². The van der Waals surface area contributed by atoms with Crippen LogP contribution in [0.3, 0.4) is 0 Å². The number of piperidine rings is 1. The second kappa shape index (κ2) is 7.81.